The average molecular weight is 406 g/mol. The average Bonchev–Trinajstić information content (AvgIpc) is 2.69. The number of aryl methyl sites for hydroxylation is 2. The summed E-state index contributed by atoms with van der Waals surface area (Å²) in [6.07, 6.45) is 0.306. The van der Waals surface area contributed by atoms with E-state index in [0.717, 1.165) is 0 Å². The smallest absolute Gasteiger partial charge is 0.200 e. The van der Waals surface area contributed by atoms with E-state index in [0.29, 0.717) is 30.4 Å². The number of methoxy groups -OCH3 is 2. The summed E-state index contributed by atoms with van der Waals surface area (Å²) in [6.45, 7) is 0. The zero-order chi connectivity index (χ0) is 21.6. The van der Waals surface area contributed by atoms with Crippen LogP contribution in [0.4, 0.5) is 0 Å². The fraction of sp³-hybridized carbons (Fsp3) is 0.381. The molecular formula is C21H26O8. The molecule has 0 bridgehead atoms. The number of aromatic hydroxyl groups is 4. The van der Waals surface area contributed by atoms with Crippen LogP contribution >= 0.6 is 0 Å². The monoisotopic (exact) mass is 406 g/mol. The van der Waals surface area contributed by atoms with E-state index >= 15 is 0 Å². The Morgan fingerprint density at radius 2 is 1.34 bits per heavy atom. The maximum Gasteiger partial charge on any atom is 0.200 e. The van der Waals surface area contributed by atoms with Crippen molar-refractivity contribution in [1.29, 1.82) is 0 Å². The van der Waals surface area contributed by atoms with Gasteiger partial charge in [0.25, 0.3) is 0 Å². The second kappa shape index (κ2) is 9.88. The Labute approximate surface area is 168 Å². The third-order valence-electron chi connectivity index (χ3n) is 4.59. The third kappa shape index (κ3) is 5.92. The van der Waals surface area contributed by atoms with Crippen LogP contribution in [0.2, 0.25) is 0 Å². The van der Waals surface area contributed by atoms with Crippen LogP contribution in [0.5, 0.6) is 34.5 Å². The second-order valence-corrected chi connectivity index (χ2v) is 6.77. The molecule has 158 valence electrons. The van der Waals surface area contributed by atoms with E-state index in [1.807, 2.05) is 0 Å². The molecule has 0 aliphatic rings. The van der Waals surface area contributed by atoms with E-state index in [1.165, 1.54) is 26.4 Å². The molecule has 0 aliphatic heterocycles. The van der Waals surface area contributed by atoms with Crippen LogP contribution in [0.3, 0.4) is 0 Å². The zero-order valence-electron chi connectivity index (χ0n) is 16.4. The molecule has 2 aromatic carbocycles. The minimum absolute atomic E-state index is 0.0254. The van der Waals surface area contributed by atoms with Crippen molar-refractivity contribution in [2.75, 3.05) is 14.2 Å². The van der Waals surface area contributed by atoms with Gasteiger partial charge in [0.15, 0.2) is 23.0 Å². The van der Waals surface area contributed by atoms with Crippen LogP contribution in [0.1, 0.15) is 30.4 Å². The highest BCUT2D eigenvalue weighted by atomic mass is 16.5. The highest BCUT2D eigenvalue weighted by Gasteiger charge is 2.15. The van der Waals surface area contributed by atoms with Crippen molar-refractivity contribution in [3.05, 3.63) is 35.4 Å². The van der Waals surface area contributed by atoms with Crippen LogP contribution < -0.4 is 9.47 Å². The molecule has 2 aromatic rings. The van der Waals surface area contributed by atoms with Crippen LogP contribution in [0, 0.1) is 0 Å². The SMILES string of the molecule is COc1cc(CCC(=O)CC(O)CCc2cc(O)c(O)c(OC)c2)cc(O)c1O. The number of carbonyl (C=O) groups excluding carboxylic acids is 1. The molecule has 0 saturated heterocycles. The van der Waals surface area contributed by atoms with Gasteiger partial charge in [-0.25, -0.2) is 0 Å². The van der Waals surface area contributed by atoms with Crippen molar-refractivity contribution in [3.63, 3.8) is 0 Å². The lowest BCUT2D eigenvalue weighted by atomic mass is 9.99. The van der Waals surface area contributed by atoms with Crippen molar-refractivity contribution in [1.82, 2.24) is 0 Å². The van der Waals surface area contributed by atoms with Gasteiger partial charge < -0.3 is 35.0 Å². The Balaban J connectivity index is 1.85. The summed E-state index contributed by atoms with van der Waals surface area (Å²) in [5.74, 6) is -1.20. The number of hydrogen-bond donors (Lipinski definition) is 5. The zero-order valence-corrected chi connectivity index (χ0v) is 16.4. The number of benzene rings is 2. The molecular weight excluding hydrogens is 380 g/mol. The molecule has 0 saturated carbocycles. The molecule has 29 heavy (non-hydrogen) atoms. The summed E-state index contributed by atoms with van der Waals surface area (Å²) < 4.78 is 9.94. The molecule has 0 spiro atoms. The van der Waals surface area contributed by atoms with Crippen molar-refractivity contribution in [3.8, 4) is 34.5 Å². The van der Waals surface area contributed by atoms with Gasteiger partial charge in [-0.3, -0.25) is 4.79 Å². The molecule has 8 nitrogen and oxygen atoms in total. The summed E-state index contributed by atoms with van der Waals surface area (Å²) in [5, 5.41) is 48.8. The number of ether oxygens (including phenoxy) is 2. The van der Waals surface area contributed by atoms with Gasteiger partial charge in [0.05, 0.1) is 20.3 Å². The fourth-order valence-corrected chi connectivity index (χ4v) is 2.98. The summed E-state index contributed by atoms with van der Waals surface area (Å²) in [4.78, 5) is 12.1. The molecule has 1 atom stereocenters. The highest BCUT2D eigenvalue weighted by molar-refractivity contribution is 5.79. The molecule has 0 aromatic heterocycles. The lowest BCUT2D eigenvalue weighted by molar-refractivity contribution is -0.121. The topological polar surface area (TPSA) is 137 Å². The summed E-state index contributed by atoms with van der Waals surface area (Å²) in [5.41, 5.74) is 1.29. The second-order valence-electron chi connectivity index (χ2n) is 6.77. The Morgan fingerprint density at radius 1 is 0.862 bits per heavy atom. The Bertz CT molecular complexity index is 862. The van der Waals surface area contributed by atoms with Crippen LogP contribution in [0.15, 0.2) is 24.3 Å². The maximum absolute atomic E-state index is 12.1. The van der Waals surface area contributed by atoms with Gasteiger partial charge in [0, 0.05) is 12.8 Å². The number of aliphatic hydroxyl groups is 1. The first kappa shape index (κ1) is 22.2. The number of Topliss-reactive ketones (excluding diaryl/α,β-unsaturated/α-hetero) is 1. The summed E-state index contributed by atoms with van der Waals surface area (Å²) >= 11 is 0. The van der Waals surface area contributed by atoms with Crippen molar-refractivity contribution in [2.24, 2.45) is 0 Å². The van der Waals surface area contributed by atoms with E-state index in [9.17, 15) is 30.3 Å². The number of phenols is 4. The molecule has 8 heteroatoms. The van der Waals surface area contributed by atoms with E-state index in [1.54, 1.807) is 12.1 Å². The number of phenolic OH excluding ortho intramolecular Hbond substituents is 4. The lowest BCUT2D eigenvalue weighted by Gasteiger charge is -2.12. The van der Waals surface area contributed by atoms with Gasteiger partial charge >= 0.3 is 0 Å². The van der Waals surface area contributed by atoms with Gasteiger partial charge in [-0.1, -0.05) is 0 Å². The number of ketones is 1. The quantitative estimate of drug-likeness (QED) is 0.380. The van der Waals surface area contributed by atoms with Gasteiger partial charge in [-0.2, -0.15) is 0 Å². The standard InChI is InChI=1S/C21H26O8/c1-28-18-9-12(7-16(24)20(18)26)3-5-14(22)11-15(23)6-4-13-8-17(25)21(27)19(10-13)29-2/h7-10,14,22,24-27H,3-6,11H2,1-2H3. The molecule has 0 amide bonds. The van der Waals surface area contributed by atoms with Crippen molar-refractivity contribution < 1.29 is 39.8 Å². The molecule has 0 fully saturated rings. The molecule has 0 radical (unpaired) electrons. The summed E-state index contributed by atoms with van der Waals surface area (Å²) in [7, 11) is 2.73. The predicted octanol–water partition coefficient (Wildman–Crippen LogP) is 2.41. The molecule has 2 rings (SSSR count). The number of hydrogen-bond acceptors (Lipinski definition) is 8. The number of rotatable bonds is 10. The fourth-order valence-electron chi connectivity index (χ4n) is 2.98. The van der Waals surface area contributed by atoms with Crippen LogP contribution in [-0.4, -0.2) is 51.6 Å². The first-order valence-corrected chi connectivity index (χ1v) is 9.12. The first-order chi connectivity index (χ1) is 13.7. The predicted molar refractivity (Wildman–Crippen MR) is 105 cm³/mol. The maximum atomic E-state index is 12.1. The van der Waals surface area contributed by atoms with Gasteiger partial charge in [-0.15, -0.1) is 0 Å². The van der Waals surface area contributed by atoms with Crippen molar-refractivity contribution in [2.45, 2.75) is 38.2 Å². The molecule has 1 unspecified atom stereocenters. The first-order valence-electron chi connectivity index (χ1n) is 9.12. The normalized spacial score (nSPS) is 11.8. The Kier molecular flexibility index (Phi) is 7.55. The van der Waals surface area contributed by atoms with Crippen molar-refractivity contribution >= 4 is 5.78 Å². The van der Waals surface area contributed by atoms with E-state index in [2.05, 4.69) is 0 Å². The third-order valence-corrected chi connectivity index (χ3v) is 4.59. The van der Waals surface area contributed by atoms with E-state index < -0.39 is 6.10 Å². The van der Waals surface area contributed by atoms with E-state index in [-0.39, 0.29) is 53.1 Å². The van der Waals surface area contributed by atoms with Gasteiger partial charge in [-0.05, 0) is 54.7 Å². The van der Waals surface area contributed by atoms with Crippen LogP contribution in [0.25, 0.3) is 0 Å². The molecule has 0 heterocycles. The number of carbonyl (C=O) groups is 1. The highest BCUT2D eigenvalue weighted by Crippen LogP contribution is 2.37. The molecule has 5 N–H and O–H groups in total. The Hall–Kier alpha value is -3.13. The minimum Gasteiger partial charge on any atom is -0.504 e. The molecule has 0 aliphatic carbocycles. The van der Waals surface area contributed by atoms with E-state index in [4.69, 9.17) is 9.47 Å². The summed E-state index contributed by atoms with van der Waals surface area (Å²) in [6, 6.07) is 5.86. The number of aliphatic hydroxyl groups excluding tert-OH is 1. The minimum atomic E-state index is -0.854. The van der Waals surface area contributed by atoms with Crippen LogP contribution in [-0.2, 0) is 17.6 Å². The van der Waals surface area contributed by atoms with Gasteiger partial charge in [0.2, 0.25) is 11.5 Å². The largest absolute Gasteiger partial charge is 0.504 e. The van der Waals surface area contributed by atoms with Gasteiger partial charge in [0.1, 0.15) is 5.78 Å². The Morgan fingerprint density at radius 3 is 1.83 bits per heavy atom. The lowest BCUT2D eigenvalue weighted by Crippen LogP contribution is -2.15.